The lowest BCUT2D eigenvalue weighted by Gasteiger charge is -2.14. The summed E-state index contributed by atoms with van der Waals surface area (Å²) in [6, 6.07) is 0. The van der Waals surface area contributed by atoms with E-state index in [4.69, 9.17) is 7.85 Å². The van der Waals surface area contributed by atoms with Crippen molar-refractivity contribution in [2.75, 3.05) is 13.1 Å². The number of hydrogen-bond acceptors (Lipinski definition) is 3. The summed E-state index contributed by atoms with van der Waals surface area (Å²) in [5.74, 6) is 0.561. The molecule has 2 aromatic rings. The van der Waals surface area contributed by atoms with Crippen molar-refractivity contribution < 1.29 is 0 Å². The van der Waals surface area contributed by atoms with Gasteiger partial charge in [-0.15, -0.1) is 25.3 Å². The van der Waals surface area contributed by atoms with Gasteiger partial charge in [-0.3, -0.25) is 0 Å². The number of benzene rings is 1. The van der Waals surface area contributed by atoms with Gasteiger partial charge in [-0.25, -0.2) is 0 Å². The van der Waals surface area contributed by atoms with Gasteiger partial charge in [0.25, 0.3) is 0 Å². The molecule has 2 nitrogen and oxygen atoms in total. The Bertz CT molecular complexity index is 657. The summed E-state index contributed by atoms with van der Waals surface area (Å²) >= 11 is 9.05. The van der Waals surface area contributed by atoms with Gasteiger partial charge in [0.2, 0.25) is 0 Å². The second-order valence-electron chi connectivity index (χ2n) is 5.34. The molecular formula is C14H17BN2S2. The quantitative estimate of drug-likeness (QED) is 0.470. The maximum atomic E-state index is 6.20. The molecule has 0 unspecified atom stereocenters. The largest absolute Gasteiger partial charge is 0.359 e. The number of aromatic amines is 1. The van der Waals surface area contributed by atoms with E-state index in [0.29, 0.717) is 11.4 Å². The Morgan fingerprint density at radius 1 is 1.21 bits per heavy atom. The van der Waals surface area contributed by atoms with E-state index < -0.39 is 0 Å². The van der Waals surface area contributed by atoms with E-state index in [0.717, 1.165) is 28.4 Å². The number of H-pyrrole nitrogens is 1. The molecule has 0 spiro atoms. The zero-order chi connectivity index (χ0) is 13.7. The van der Waals surface area contributed by atoms with Crippen molar-refractivity contribution in [2.45, 2.75) is 36.0 Å². The van der Waals surface area contributed by atoms with Crippen molar-refractivity contribution in [1.29, 1.82) is 0 Å². The van der Waals surface area contributed by atoms with Crippen LogP contribution in [0.15, 0.2) is 9.79 Å². The smallest absolute Gasteiger partial charge is 0.118 e. The van der Waals surface area contributed by atoms with Crippen LogP contribution >= 0.6 is 25.3 Å². The summed E-state index contributed by atoms with van der Waals surface area (Å²) in [5.41, 5.74) is 5.50. The molecule has 0 saturated carbocycles. The van der Waals surface area contributed by atoms with E-state index in [2.05, 4.69) is 49.4 Å². The molecule has 1 aromatic carbocycles. The predicted molar refractivity (Wildman–Crippen MR) is 87.9 cm³/mol. The van der Waals surface area contributed by atoms with Crippen molar-refractivity contribution in [3.63, 3.8) is 0 Å². The molecule has 5 heteroatoms. The first kappa shape index (κ1) is 13.5. The van der Waals surface area contributed by atoms with Crippen LogP contribution < -0.4 is 10.8 Å². The Kier molecular flexibility index (Phi) is 3.40. The van der Waals surface area contributed by atoms with Crippen molar-refractivity contribution in [3.05, 3.63) is 16.8 Å². The molecule has 98 valence electrons. The van der Waals surface area contributed by atoms with Crippen molar-refractivity contribution >= 4 is 49.5 Å². The first-order valence-electron chi connectivity index (χ1n) is 6.55. The Labute approximate surface area is 126 Å². The fraction of sp³-hybridized carbons (Fsp3) is 0.429. The molecule has 0 aliphatic carbocycles. The molecule has 2 heterocycles. The van der Waals surface area contributed by atoms with Crippen LogP contribution in [0.5, 0.6) is 0 Å². The summed E-state index contributed by atoms with van der Waals surface area (Å²) in [6.07, 6.45) is 1.18. The first-order chi connectivity index (χ1) is 9.02. The van der Waals surface area contributed by atoms with Gasteiger partial charge in [0.1, 0.15) is 7.85 Å². The molecule has 1 aliphatic heterocycles. The Morgan fingerprint density at radius 2 is 1.95 bits per heavy atom. The van der Waals surface area contributed by atoms with E-state index in [1.807, 2.05) is 0 Å². The second-order valence-corrected chi connectivity index (χ2v) is 6.23. The SMILES string of the molecule is [B]c1c(S)c(S)c(C)c2c([C@H]3CCNC3)c(C)[nH]c12. The van der Waals surface area contributed by atoms with Crippen LogP contribution in [0, 0.1) is 13.8 Å². The maximum Gasteiger partial charge on any atom is 0.118 e. The summed E-state index contributed by atoms with van der Waals surface area (Å²) < 4.78 is 0. The predicted octanol–water partition coefficient (Wildman–Crippen LogP) is 2.23. The zero-order valence-electron chi connectivity index (χ0n) is 11.2. The van der Waals surface area contributed by atoms with Gasteiger partial charge in [-0.2, -0.15) is 0 Å². The molecule has 3 rings (SSSR count). The van der Waals surface area contributed by atoms with Crippen LogP contribution in [-0.4, -0.2) is 25.9 Å². The highest BCUT2D eigenvalue weighted by Gasteiger charge is 2.25. The van der Waals surface area contributed by atoms with E-state index in [9.17, 15) is 0 Å². The number of fused-ring (bicyclic) bond motifs is 1. The highest BCUT2D eigenvalue weighted by Crippen LogP contribution is 2.37. The van der Waals surface area contributed by atoms with E-state index in [-0.39, 0.29) is 0 Å². The van der Waals surface area contributed by atoms with Gasteiger partial charge < -0.3 is 10.3 Å². The lowest BCUT2D eigenvalue weighted by Crippen LogP contribution is -2.10. The normalized spacial score (nSPS) is 19.5. The van der Waals surface area contributed by atoms with Gasteiger partial charge in [0, 0.05) is 32.9 Å². The molecule has 1 saturated heterocycles. The standard InChI is InChI=1S/C14H17BN2S2/c1-6-9-10(8-3-4-16-5-8)7(2)17-12(9)11(15)14(19)13(6)18/h8,16-19H,3-5H2,1-2H3/t8-/m0/s1. The van der Waals surface area contributed by atoms with Crippen LogP contribution in [-0.2, 0) is 0 Å². The van der Waals surface area contributed by atoms with E-state index >= 15 is 0 Å². The second kappa shape index (κ2) is 4.79. The number of aryl methyl sites for hydroxylation is 2. The average Bonchev–Trinajstić information content (AvgIpc) is 3.00. The van der Waals surface area contributed by atoms with Crippen LogP contribution in [0.1, 0.15) is 29.2 Å². The summed E-state index contributed by atoms with van der Waals surface area (Å²) in [6.45, 7) is 6.35. The topological polar surface area (TPSA) is 27.8 Å². The minimum absolute atomic E-state index is 0.561. The van der Waals surface area contributed by atoms with Crippen LogP contribution in [0.3, 0.4) is 0 Å². The van der Waals surface area contributed by atoms with Gasteiger partial charge >= 0.3 is 0 Å². The number of aromatic nitrogens is 1. The molecule has 2 N–H and O–H groups in total. The number of hydrogen-bond donors (Lipinski definition) is 4. The Hall–Kier alpha value is -0.515. The van der Waals surface area contributed by atoms with Gasteiger partial charge in [0.15, 0.2) is 0 Å². The molecule has 0 amide bonds. The van der Waals surface area contributed by atoms with Crippen molar-refractivity contribution in [2.24, 2.45) is 0 Å². The Balaban J connectivity index is 2.36. The molecule has 19 heavy (non-hydrogen) atoms. The molecule has 1 atom stereocenters. The zero-order valence-corrected chi connectivity index (χ0v) is 13.0. The third kappa shape index (κ3) is 1.94. The maximum absolute atomic E-state index is 6.20. The molecule has 1 aromatic heterocycles. The van der Waals surface area contributed by atoms with Gasteiger partial charge in [0.05, 0.1) is 0 Å². The highest BCUT2D eigenvalue weighted by molar-refractivity contribution is 7.83. The molecule has 1 fully saturated rings. The van der Waals surface area contributed by atoms with E-state index in [1.54, 1.807) is 0 Å². The number of nitrogens with one attached hydrogen (secondary N) is 2. The minimum atomic E-state index is 0.561. The summed E-state index contributed by atoms with van der Waals surface area (Å²) in [7, 11) is 6.20. The van der Waals surface area contributed by atoms with E-state index in [1.165, 1.54) is 28.6 Å². The monoisotopic (exact) mass is 288 g/mol. The van der Waals surface area contributed by atoms with Crippen LogP contribution in [0.2, 0.25) is 0 Å². The van der Waals surface area contributed by atoms with Crippen LogP contribution in [0.25, 0.3) is 10.9 Å². The minimum Gasteiger partial charge on any atom is -0.359 e. The Morgan fingerprint density at radius 3 is 2.58 bits per heavy atom. The van der Waals surface area contributed by atoms with Crippen LogP contribution in [0.4, 0.5) is 0 Å². The van der Waals surface area contributed by atoms with Gasteiger partial charge in [-0.1, -0.05) is 5.46 Å². The molecule has 2 radical (unpaired) electrons. The molecular weight excluding hydrogens is 271 g/mol. The highest BCUT2D eigenvalue weighted by atomic mass is 32.1. The lowest BCUT2D eigenvalue weighted by molar-refractivity contribution is 0.762. The van der Waals surface area contributed by atoms with Crippen molar-refractivity contribution in [1.82, 2.24) is 10.3 Å². The van der Waals surface area contributed by atoms with Crippen molar-refractivity contribution in [3.8, 4) is 0 Å². The summed E-state index contributed by atoms with van der Waals surface area (Å²) in [4.78, 5) is 5.10. The fourth-order valence-corrected chi connectivity index (χ4v) is 3.70. The lowest BCUT2D eigenvalue weighted by atomic mass is 9.88. The molecule has 0 bridgehead atoms. The number of rotatable bonds is 1. The first-order valence-corrected chi connectivity index (χ1v) is 7.44. The fourth-order valence-electron chi connectivity index (χ4n) is 3.18. The molecule has 1 aliphatic rings. The van der Waals surface area contributed by atoms with Gasteiger partial charge in [-0.05, 0) is 43.9 Å². The average molecular weight is 288 g/mol. The summed E-state index contributed by atoms with van der Waals surface area (Å²) in [5, 5.41) is 4.68. The third-order valence-electron chi connectivity index (χ3n) is 4.18. The number of thiol groups is 2. The third-order valence-corrected chi connectivity index (χ3v) is 5.38.